The number of aryl methyl sites for hydroxylation is 2. The van der Waals surface area contributed by atoms with E-state index < -0.39 is 0 Å². The van der Waals surface area contributed by atoms with E-state index in [4.69, 9.17) is 17.0 Å². The van der Waals surface area contributed by atoms with Crippen LogP contribution in [0.5, 0.6) is 5.75 Å². The molecule has 22 heavy (non-hydrogen) atoms. The van der Waals surface area contributed by atoms with E-state index in [0.717, 1.165) is 17.0 Å². The summed E-state index contributed by atoms with van der Waals surface area (Å²) in [5, 5.41) is 7.65. The molecule has 2 aromatic rings. The van der Waals surface area contributed by atoms with Crippen LogP contribution >= 0.6 is 12.2 Å². The van der Waals surface area contributed by atoms with E-state index in [9.17, 15) is 0 Å². The number of benzene rings is 2. The van der Waals surface area contributed by atoms with Gasteiger partial charge in [0.2, 0.25) is 0 Å². The first-order valence-corrected chi connectivity index (χ1v) is 7.30. The number of thiocarbonyl (C=S) groups is 1. The van der Waals surface area contributed by atoms with E-state index in [2.05, 4.69) is 41.0 Å². The Morgan fingerprint density at radius 2 is 2.00 bits per heavy atom. The summed E-state index contributed by atoms with van der Waals surface area (Å²) in [7, 11) is 1.63. The number of rotatable bonds is 4. The lowest BCUT2D eigenvalue weighted by molar-refractivity contribution is 0.415. The van der Waals surface area contributed by atoms with Crippen LogP contribution < -0.4 is 15.5 Å². The number of methoxy groups -OCH3 is 1. The number of ether oxygens (including phenoxy) is 1. The van der Waals surface area contributed by atoms with E-state index in [1.54, 1.807) is 13.3 Å². The largest absolute Gasteiger partial charge is 0.497 e. The lowest BCUT2D eigenvalue weighted by Crippen LogP contribution is -2.23. The van der Waals surface area contributed by atoms with Gasteiger partial charge >= 0.3 is 0 Å². The second kappa shape index (κ2) is 7.56. The van der Waals surface area contributed by atoms with Crippen LogP contribution in [0.25, 0.3) is 0 Å². The monoisotopic (exact) mass is 313 g/mol. The Labute approximate surface area is 136 Å². The molecule has 0 aliphatic heterocycles. The highest BCUT2D eigenvalue weighted by Crippen LogP contribution is 2.16. The molecule has 2 N–H and O–H groups in total. The molecule has 0 aromatic heterocycles. The van der Waals surface area contributed by atoms with Gasteiger partial charge in [0.05, 0.1) is 13.3 Å². The third-order valence-corrected chi connectivity index (χ3v) is 3.33. The third-order valence-electron chi connectivity index (χ3n) is 3.13. The van der Waals surface area contributed by atoms with Crippen LogP contribution in [0.3, 0.4) is 0 Å². The fourth-order valence-electron chi connectivity index (χ4n) is 1.92. The maximum Gasteiger partial charge on any atom is 0.191 e. The first kappa shape index (κ1) is 16.0. The van der Waals surface area contributed by atoms with Crippen molar-refractivity contribution in [2.45, 2.75) is 13.8 Å². The van der Waals surface area contributed by atoms with Gasteiger partial charge in [-0.15, -0.1) is 0 Å². The number of nitrogens with zero attached hydrogens (tertiary/aromatic N) is 1. The normalized spacial score (nSPS) is 10.5. The average Bonchev–Trinajstić information content (AvgIpc) is 2.51. The number of hydrazone groups is 1. The Kier molecular flexibility index (Phi) is 5.49. The molecule has 0 heterocycles. The molecule has 0 amide bonds. The maximum absolute atomic E-state index is 5.21. The van der Waals surface area contributed by atoms with Crippen LogP contribution in [0.2, 0.25) is 0 Å². The van der Waals surface area contributed by atoms with Crippen LogP contribution in [0.1, 0.15) is 16.7 Å². The first-order valence-electron chi connectivity index (χ1n) is 6.90. The minimum absolute atomic E-state index is 0.426. The minimum atomic E-state index is 0.426. The molecule has 0 saturated carbocycles. The van der Waals surface area contributed by atoms with Crippen LogP contribution in [-0.2, 0) is 0 Å². The Morgan fingerprint density at radius 1 is 1.18 bits per heavy atom. The standard InChI is InChI=1S/C17H19N3OS/c1-12-7-8-13(2)14(9-12)11-18-20-17(22)19-15-5-4-6-16(10-15)21-3/h4-11H,1-3H3,(H2,19,20,22)/b18-11-. The van der Waals surface area contributed by atoms with Crippen LogP contribution in [0, 0.1) is 13.8 Å². The summed E-state index contributed by atoms with van der Waals surface area (Å²) >= 11 is 5.21. The lowest BCUT2D eigenvalue weighted by atomic mass is 10.1. The molecule has 0 radical (unpaired) electrons. The van der Waals surface area contributed by atoms with Gasteiger partial charge in [-0.05, 0) is 49.3 Å². The zero-order valence-electron chi connectivity index (χ0n) is 12.9. The molecule has 0 bridgehead atoms. The predicted molar refractivity (Wildman–Crippen MR) is 95.9 cm³/mol. The summed E-state index contributed by atoms with van der Waals surface area (Å²) in [5.41, 5.74) is 7.09. The average molecular weight is 313 g/mol. The lowest BCUT2D eigenvalue weighted by Gasteiger charge is -2.08. The van der Waals surface area contributed by atoms with Crippen LogP contribution in [0.15, 0.2) is 47.6 Å². The van der Waals surface area contributed by atoms with Gasteiger partial charge in [0, 0.05) is 11.8 Å². The topological polar surface area (TPSA) is 45.6 Å². The van der Waals surface area contributed by atoms with E-state index in [-0.39, 0.29) is 0 Å². The molecule has 4 nitrogen and oxygen atoms in total. The van der Waals surface area contributed by atoms with Crippen molar-refractivity contribution >= 4 is 29.2 Å². The van der Waals surface area contributed by atoms with Gasteiger partial charge in [-0.2, -0.15) is 5.10 Å². The van der Waals surface area contributed by atoms with Crippen molar-refractivity contribution < 1.29 is 4.74 Å². The molecule has 0 aliphatic rings. The third kappa shape index (κ3) is 4.56. The van der Waals surface area contributed by atoms with Crippen molar-refractivity contribution in [3.05, 3.63) is 59.2 Å². The molecule has 0 aliphatic carbocycles. The van der Waals surface area contributed by atoms with Gasteiger partial charge in [-0.25, -0.2) is 0 Å². The summed E-state index contributed by atoms with van der Waals surface area (Å²) in [5.74, 6) is 0.770. The summed E-state index contributed by atoms with van der Waals surface area (Å²) < 4.78 is 5.17. The fourth-order valence-corrected chi connectivity index (χ4v) is 2.09. The molecule has 114 valence electrons. The number of hydrogen-bond acceptors (Lipinski definition) is 3. The van der Waals surface area contributed by atoms with Gasteiger partial charge in [-0.3, -0.25) is 5.43 Å². The Morgan fingerprint density at radius 3 is 2.77 bits per heavy atom. The minimum Gasteiger partial charge on any atom is -0.497 e. The Bertz CT molecular complexity index is 698. The van der Waals surface area contributed by atoms with Crippen molar-refractivity contribution in [2.24, 2.45) is 5.10 Å². The molecule has 2 rings (SSSR count). The highest BCUT2D eigenvalue weighted by molar-refractivity contribution is 7.80. The van der Waals surface area contributed by atoms with E-state index in [1.807, 2.05) is 31.2 Å². The molecule has 2 aromatic carbocycles. The molecule has 0 atom stereocenters. The molecule has 0 fully saturated rings. The summed E-state index contributed by atoms with van der Waals surface area (Å²) in [6.07, 6.45) is 1.77. The van der Waals surface area contributed by atoms with E-state index in [1.165, 1.54) is 11.1 Å². The second-order valence-electron chi connectivity index (χ2n) is 4.92. The highest BCUT2D eigenvalue weighted by Gasteiger charge is 1.99. The Balaban J connectivity index is 1.94. The molecule has 0 saturated heterocycles. The van der Waals surface area contributed by atoms with Gasteiger partial charge in [0.25, 0.3) is 0 Å². The maximum atomic E-state index is 5.21. The van der Waals surface area contributed by atoms with Crippen molar-refractivity contribution in [3.8, 4) is 5.75 Å². The Hall–Kier alpha value is -2.40. The summed E-state index contributed by atoms with van der Waals surface area (Å²) in [4.78, 5) is 0. The van der Waals surface area contributed by atoms with Gasteiger partial charge in [-0.1, -0.05) is 29.8 Å². The van der Waals surface area contributed by atoms with E-state index >= 15 is 0 Å². The van der Waals surface area contributed by atoms with Gasteiger partial charge in [0.15, 0.2) is 5.11 Å². The fraction of sp³-hybridized carbons (Fsp3) is 0.176. The first-order chi connectivity index (χ1) is 10.6. The van der Waals surface area contributed by atoms with Crippen molar-refractivity contribution in [3.63, 3.8) is 0 Å². The van der Waals surface area contributed by atoms with Gasteiger partial charge in [0.1, 0.15) is 5.75 Å². The second-order valence-corrected chi connectivity index (χ2v) is 5.32. The van der Waals surface area contributed by atoms with Crippen LogP contribution in [0.4, 0.5) is 5.69 Å². The smallest absolute Gasteiger partial charge is 0.191 e. The predicted octanol–water partition coefficient (Wildman–Crippen LogP) is 3.63. The van der Waals surface area contributed by atoms with Crippen molar-refractivity contribution in [1.82, 2.24) is 5.43 Å². The summed E-state index contributed by atoms with van der Waals surface area (Å²) in [6, 6.07) is 13.8. The van der Waals surface area contributed by atoms with Gasteiger partial charge < -0.3 is 10.1 Å². The summed E-state index contributed by atoms with van der Waals surface area (Å²) in [6.45, 7) is 4.10. The number of nitrogens with one attached hydrogen (secondary N) is 2. The van der Waals surface area contributed by atoms with E-state index in [0.29, 0.717) is 5.11 Å². The van der Waals surface area contributed by atoms with Crippen molar-refractivity contribution in [1.29, 1.82) is 0 Å². The highest BCUT2D eigenvalue weighted by atomic mass is 32.1. The number of hydrogen-bond donors (Lipinski definition) is 2. The molecule has 5 heteroatoms. The quantitative estimate of drug-likeness (QED) is 0.514. The molecule has 0 spiro atoms. The SMILES string of the molecule is COc1cccc(NC(=S)N/N=C\c2cc(C)ccc2C)c1. The number of anilines is 1. The van der Waals surface area contributed by atoms with Crippen LogP contribution in [-0.4, -0.2) is 18.4 Å². The molecular weight excluding hydrogens is 294 g/mol. The zero-order chi connectivity index (χ0) is 15.9. The molecule has 0 unspecified atom stereocenters. The van der Waals surface area contributed by atoms with Crippen molar-refractivity contribution in [2.75, 3.05) is 12.4 Å². The molecular formula is C17H19N3OS. The zero-order valence-corrected chi connectivity index (χ0v) is 13.7.